The van der Waals surface area contributed by atoms with E-state index in [2.05, 4.69) is 41.5 Å². The van der Waals surface area contributed by atoms with E-state index >= 15 is 0 Å². The third-order valence-electron chi connectivity index (χ3n) is 3.95. The first-order chi connectivity index (χ1) is 11.4. The zero-order valence-corrected chi connectivity index (χ0v) is 15.7. The number of carbonyl (C=O) groups is 1. The van der Waals surface area contributed by atoms with Crippen LogP contribution in [0.25, 0.3) is 11.4 Å². The van der Waals surface area contributed by atoms with Gasteiger partial charge in [0.25, 0.3) is 5.91 Å². The van der Waals surface area contributed by atoms with Crippen molar-refractivity contribution in [2.75, 3.05) is 19.6 Å². The zero-order chi connectivity index (χ0) is 17.2. The molecular formula is C18H25ClN4O2. The molecule has 0 saturated carbocycles. The highest BCUT2D eigenvalue weighted by Gasteiger charge is 2.19. The lowest BCUT2D eigenvalue weighted by Crippen LogP contribution is -2.48. The molecule has 2 aromatic rings. The van der Waals surface area contributed by atoms with Crippen LogP contribution in [0.4, 0.5) is 0 Å². The topological polar surface area (TPSA) is 80.0 Å². The Labute approximate surface area is 154 Å². The minimum Gasteiger partial charge on any atom is -0.352 e. The number of carbonyl (C=O) groups excluding carboxylic acids is 1. The molecule has 0 radical (unpaired) electrons. The van der Waals surface area contributed by atoms with E-state index in [9.17, 15) is 4.79 Å². The van der Waals surface area contributed by atoms with Gasteiger partial charge in [0.1, 0.15) is 0 Å². The van der Waals surface area contributed by atoms with Crippen LogP contribution in [0, 0.1) is 11.3 Å². The molecule has 2 N–H and O–H groups in total. The quantitative estimate of drug-likeness (QED) is 0.852. The van der Waals surface area contributed by atoms with Crippen LogP contribution in [0.1, 0.15) is 37.0 Å². The Bertz CT molecular complexity index is 720. The number of nitrogens with zero attached hydrogens (tertiary/aromatic N) is 2. The Balaban J connectivity index is 0.00000225. The highest BCUT2D eigenvalue weighted by atomic mass is 35.5. The third-order valence-corrected chi connectivity index (χ3v) is 3.95. The van der Waals surface area contributed by atoms with Crippen LogP contribution in [-0.4, -0.2) is 35.7 Å². The molecule has 0 aliphatic carbocycles. The summed E-state index contributed by atoms with van der Waals surface area (Å²) >= 11 is 0. The van der Waals surface area contributed by atoms with Crippen LogP contribution in [0.2, 0.25) is 0 Å². The molecule has 0 bridgehead atoms. The maximum Gasteiger partial charge on any atom is 0.251 e. The van der Waals surface area contributed by atoms with Crippen LogP contribution in [-0.2, 0) is 6.42 Å². The fraction of sp³-hybridized carbons (Fsp3) is 0.500. The average molecular weight is 365 g/mol. The first-order valence-corrected chi connectivity index (χ1v) is 8.33. The van der Waals surface area contributed by atoms with Crippen molar-refractivity contribution < 1.29 is 9.32 Å². The van der Waals surface area contributed by atoms with Gasteiger partial charge in [-0.2, -0.15) is 4.98 Å². The third kappa shape index (κ3) is 5.28. The summed E-state index contributed by atoms with van der Waals surface area (Å²) in [6.07, 6.45) is 0.718. The molecule has 1 fully saturated rings. The summed E-state index contributed by atoms with van der Waals surface area (Å²) in [5.41, 5.74) is 1.49. The Kier molecular flexibility index (Phi) is 6.19. The summed E-state index contributed by atoms with van der Waals surface area (Å²) in [7, 11) is 0. The molecule has 0 atom stereocenters. The van der Waals surface area contributed by atoms with Gasteiger partial charge in [0, 0.05) is 43.1 Å². The van der Waals surface area contributed by atoms with Crippen molar-refractivity contribution in [3.05, 3.63) is 35.7 Å². The van der Waals surface area contributed by atoms with E-state index in [1.54, 1.807) is 12.1 Å². The molecule has 3 rings (SSSR count). The van der Waals surface area contributed by atoms with Crippen LogP contribution < -0.4 is 10.6 Å². The Morgan fingerprint density at radius 3 is 2.76 bits per heavy atom. The summed E-state index contributed by atoms with van der Waals surface area (Å²) in [6.45, 7) is 9.02. The predicted molar refractivity (Wildman–Crippen MR) is 98.8 cm³/mol. The molecule has 1 aliphatic rings. The first-order valence-electron chi connectivity index (χ1n) is 8.33. The number of hydrogen-bond donors (Lipinski definition) is 2. The smallest absolute Gasteiger partial charge is 0.251 e. The number of aromatic nitrogens is 2. The predicted octanol–water partition coefficient (Wildman–Crippen LogP) is 2.70. The number of benzene rings is 1. The van der Waals surface area contributed by atoms with Gasteiger partial charge in [-0.25, -0.2) is 0 Å². The maximum absolute atomic E-state index is 12.3. The molecule has 136 valence electrons. The molecule has 7 heteroatoms. The second-order valence-electron chi connectivity index (χ2n) is 7.56. The second kappa shape index (κ2) is 7.97. The zero-order valence-electron chi connectivity index (χ0n) is 14.8. The van der Waals surface area contributed by atoms with Crippen LogP contribution >= 0.6 is 12.4 Å². The van der Waals surface area contributed by atoms with Gasteiger partial charge in [-0.15, -0.1) is 12.4 Å². The lowest BCUT2D eigenvalue weighted by atomic mass is 9.92. The SMILES string of the molecule is CC(C)(C)Cc1nc(-c2cccc(C(=O)NCC3CNC3)c2)no1.Cl. The molecule has 2 heterocycles. The molecule has 6 nitrogen and oxygen atoms in total. The fourth-order valence-electron chi connectivity index (χ4n) is 2.53. The monoisotopic (exact) mass is 364 g/mol. The fourth-order valence-corrected chi connectivity index (χ4v) is 2.53. The highest BCUT2D eigenvalue weighted by molar-refractivity contribution is 5.95. The average Bonchev–Trinajstić information content (AvgIpc) is 2.92. The Morgan fingerprint density at radius 2 is 2.12 bits per heavy atom. The standard InChI is InChI=1S/C18H24N4O2.ClH/c1-18(2,3)8-15-21-16(22-24-15)13-5-4-6-14(7-13)17(23)20-11-12-9-19-10-12;/h4-7,12,19H,8-11H2,1-3H3,(H,20,23);1H. The Morgan fingerprint density at radius 1 is 1.36 bits per heavy atom. The normalized spacial score (nSPS) is 14.5. The van der Waals surface area contributed by atoms with Crippen LogP contribution in [0.3, 0.4) is 0 Å². The van der Waals surface area contributed by atoms with Crippen molar-refractivity contribution in [1.29, 1.82) is 0 Å². The minimum absolute atomic E-state index is 0. The lowest BCUT2D eigenvalue weighted by molar-refractivity contribution is 0.0942. The number of amides is 1. The largest absolute Gasteiger partial charge is 0.352 e. The molecule has 1 aliphatic heterocycles. The lowest BCUT2D eigenvalue weighted by Gasteiger charge is -2.27. The van der Waals surface area contributed by atoms with Crippen molar-refractivity contribution in [2.45, 2.75) is 27.2 Å². The van der Waals surface area contributed by atoms with Crippen molar-refractivity contribution in [3.63, 3.8) is 0 Å². The minimum atomic E-state index is -0.0674. The van der Waals surface area contributed by atoms with Gasteiger partial charge >= 0.3 is 0 Å². The number of nitrogens with one attached hydrogen (secondary N) is 2. The van der Waals surface area contributed by atoms with Gasteiger partial charge in [-0.3, -0.25) is 4.79 Å². The maximum atomic E-state index is 12.3. The second-order valence-corrected chi connectivity index (χ2v) is 7.56. The van der Waals surface area contributed by atoms with Crippen molar-refractivity contribution in [1.82, 2.24) is 20.8 Å². The molecular weight excluding hydrogens is 340 g/mol. The van der Waals surface area contributed by atoms with E-state index in [1.165, 1.54) is 0 Å². The van der Waals surface area contributed by atoms with Gasteiger partial charge in [0.2, 0.25) is 11.7 Å². The van der Waals surface area contributed by atoms with Crippen LogP contribution in [0.5, 0.6) is 0 Å². The van der Waals surface area contributed by atoms with Gasteiger partial charge < -0.3 is 15.2 Å². The molecule has 1 aromatic carbocycles. The van der Waals surface area contributed by atoms with Gasteiger partial charge in [-0.05, 0) is 17.5 Å². The number of halogens is 1. The van der Waals surface area contributed by atoms with Gasteiger partial charge in [0.15, 0.2) is 0 Å². The van der Waals surface area contributed by atoms with E-state index in [0.717, 1.165) is 25.1 Å². The van der Waals surface area contributed by atoms with Gasteiger partial charge in [0.05, 0.1) is 0 Å². The van der Waals surface area contributed by atoms with Crippen molar-refractivity contribution in [3.8, 4) is 11.4 Å². The van der Waals surface area contributed by atoms with Crippen LogP contribution in [0.15, 0.2) is 28.8 Å². The molecule has 1 saturated heterocycles. The van der Waals surface area contributed by atoms with E-state index < -0.39 is 0 Å². The summed E-state index contributed by atoms with van der Waals surface area (Å²) in [5.74, 6) is 1.60. The van der Waals surface area contributed by atoms with E-state index in [0.29, 0.717) is 29.7 Å². The summed E-state index contributed by atoms with van der Waals surface area (Å²) in [5, 5.41) is 10.2. The molecule has 1 aromatic heterocycles. The molecule has 0 unspecified atom stereocenters. The first kappa shape index (κ1) is 19.4. The Hall–Kier alpha value is -1.92. The highest BCUT2D eigenvalue weighted by Crippen LogP contribution is 2.22. The number of rotatable bonds is 5. The summed E-state index contributed by atoms with van der Waals surface area (Å²) in [6, 6.07) is 7.33. The molecule has 0 spiro atoms. The van der Waals surface area contributed by atoms with E-state index in [4.69, 9.17) is 4.52 Å². The van der Waals surface area contributed by atoms with Crippen molar-refractivity contribution >= 4 is 18.3 Å². The molecule has 25 heavy (non-hydrogen) atoms. The van der Waals surface area contributed by atoms with Gasteiger partial charge in [-0.1, -0.05) is 38.1 Å². The van der Waals surface area contributed by atoms with Crippen molar-refractivity contribution in [2.24, 2.45) is 11.3 Å². The van der Waals surface area contributed by atoms with E-state index in [1.807, 2.05) is 12.1 Å². The summed E-state index contributed by atoms with van der Waals surface area (Å²) in [4.78, 5) is 16.7. The summed E-state index contributed by atoms with van der Waals surface area (Å²) < 4.78 is 5.33. The molecule has 1 amide bonds. The van der Waals surface area contributed by atoms with E-state index in [-0.39, 0.29) is 23.7 Å². The number of hydrogen-bond acceptors (Lipinski definition) is 5.